The maximum Gasteiger partial charge on any atom is 0.335 e. The van der Waals surface area contributed by atoms with E-state index in [1.54, 1.807) is 6.92 Å². The van der Waals surface area contributed by atoms with Gasteiger partial charge in [-0.1, -0.05) is 11.3 Å². The number of rotatable bonds is 4. The normalized spacial score (nSPS) is 11.2. The van der Waals surface area contributed by atoms with E-state index >= 15 is 0 Å². The van der Waals surface area contributed by atoms with Gasteiger partial charge in [-0.3, -0.25) is 4.72 Å². The van der Waals surface area contributed by atoms with Crippen molar-refractivity contribution in [2.75, 3.05) is 4.72 Å². The Labute approximate surface area is 113 Å². The number of benzene rings is 1. The third kappa shape index (κ3) is 3.06. The molecule has 2 aromatic rings. The van der Waals surface area contributed by atoms with Crippen molar-refractivity contribution >= 4 is 32.5 Å². The van der Waals surface area contributed by atoms with Crippen LogP contribution in [0, 0.1) is 6.92 Å². The zero-order valence-corrected chi connectivity index (χ0v) is 11.3. The first kappa shape index (κ1) is 13.4. The van der Waals surface area contributed by atoms with E-state index in [1.165, 1.54) is 24.3 Å². The van der Waals surface area contributed by atoms with E-state index in [1.807, 2.05) is 0 Å². The number of aromatic carboxylic acids is 1. The number of hydrogen-bond acceptors (Lipinski definition) is 6. The van der Waals surface area contributed by atoms with Gasteiger partial charge >= 0.3 is 5.97 Å². The third-order valence-corrected chi connectivity index (χ3v) is 4.40. The minimum Gasteiger partial charge on any atom is -0.478 e. The van der Waals surface area contributed by atoms with Crippen LogP contribution in [0.5, 0.6) is 0 Å². The Bertz CT molecular complexity index is 707. The van der Waals surface area contributed by atoms with Gasteiger partial charge in [-0.15, -0.1) is 10.2 Å². The summed E-state index contributed by atoms with van der Waals surface area (Å²) in [6.07, 6.45) is 0. The maximum atomic E-state index is 12.0. The minimum atomic E-state index is -3.78. The Morgan fingerprint density at radius 2 is 1.89 bits per heavy atom. The largest absolute Gasteiger partial charge is 0.478 e. The Balaban J connectivity index is 2.26. The molecule has 0 spiro atoms. The molecule has 2 N–H and O–H groups in total. The molecule has 0 fully saturated rings. The maximum absolute atomic E-state index is 12.0. The first-order valence-electron chi connectivity index (χ1n) is 5.05. The summed E-state index contributed by atoms with van der Waals surface area (Å²) in [5.74, 6) is -1.11. The zero-order chi connectivity index (χ0) is 14.0. The number of aromatic nitrogens is 2. The molecule has 0 atom stereocenters. The van der Waals surface area contributed by atoms with Crippen molar-refractivity contribution < 1.29 is 18.3 Å². The second kappa shape index (κ2) is 4.94. The summed E-state index contributed by atoms with van der Waals surface area (Å²) in [4.78, 5) is 10.6. The Morgan fingerprint density at radius 3 is 2.37 bits per heavy atom. The molecular formula is C10H9N3O4S2. The summed E-state index contributed by atoms with van der Waals surface area (Å²) in [5, 5.41) is 16.9. The molecule has 9 heteroatoms. The van der Waals surface area contributed by atoms with Crippen LogP contribution in [-0.2, 0) is 10.0 Å². The molecule has 0 bridgehead atoms. The number of hydrogen-bond donors (Lipinski definition) is 2. The van der Waals surface area contributed by atoms with Gasteiger partial charge in [-0.2, -0.15) is 0 Å². The zero-order valence-electron chi connectivity index (χ0n) is 9.69. The van der Waals surface area contributed by atoms with Crippen molar-refractivity contribution in [3.05, 3.63) is 34.8 Å². The van der Waals surface area contributed by atoms with Crippen LogP contribution in [-0.4, -0.2) is 29.7 Å². The van der Waals surface area contributed by atoms with Gasteiger partial charge in [-0.05, 0) is 31.2 Å². The number of carbonyl (C=O) groups is 1. The van der Waals surface area contributed by atoms with Crippen molar-refractivity contribution in [1.29, 1.82) is 0 Å². The van der Waals surface area contributed by atoms with Gasteiger partial charge in [-0.25, -0.2) is 13.2 Å². The van der Waals surface area contributed by atoms with Crippen LogP contribution in [0.25, 0.3) is 0 Å². The first-order chi connectivity index (χ1) is 8.88. The van der Waals surface area contributed by atoms with E-state index in [2.05, 4.69) is 14.9 Å². The summed E-state index contributed by atoms with van der Waals surface area (Å²) >= 11 is 1.11. The van der Waals surface area contributed by atoms with E-state index < -0.39 is 16.0 Å². The predicted octanol–water partition coefficient (Wildman–Crippen LogP) is 1.35. The SMILES string of the molecule is Cc1nnc(NS(=O)(=O)c2ccc(C(=O)O)cc2)s1. The summed E-state index contributed by atoms with van der Waals surface area (Å²) in [5.41, 5.74) is 0.0192. The molecule has 1 aromatic heterocycles. The number of nitrogens with one attached hydrogen (secondary N) is 1. The highest BCUT2D eigenvalue weighted by molar-refractivity contribution is 7.93. The van der Waals surface area contributed by atoms with Crippen molar-refractivity contribution in [1.82, 2.24) is 10.2 Å². The van der Waals surface area contributed by atoms with Gasteiger partial charge in [0.1, 0.15) is 5.01 Å². The monoisotopic (exact) mass is 299 g/mol. The minimum absolute atomic E-state index is 0.0192. The molecule has 1 heterocycles. The van der Waals surface area contributed by atoms with E-state index in [4.69, 9.17) is 5.11 Å². The van der Waals surface area contributed by atoms with Gasteiger partial charge in [0.2, 0.25) is 5.13 Å². The highest BCUT2D eigenvalue weighted by atomic mass is 32.2. The highest BCUT2D eigenvalue weighted by Crippen LogP contribution is 2.19. The number of nitrogens with zero attached hydrogens (tertiary/aromatic N) is 2. The first-order valence-corrected chi connectivity index (χ1v) is 7.35. The van der Waals surface area contributed by atoms with E-state index in [0.717, 1.165) is 11.3 Å². The third-order valence-electron chi connectivity index (χ3n) is 2.16. The summed E-state index contributed by atoms with van der Waals surface area (Å²) in [6.45, 7) is 1.71. The van der Waals surface area contributed by atoms with Crippen LogP contribution in [0.15, 0.2) is 29.2 Å². The lowest BCUT2D eigenvalue weighted by Gasteiger charge is -2.04. The second-order valence-corrected chi connectivity index (χ2v) is 6.43. The molecule has 0 saturated heterocycles. The lowest BCUT2D eigenvalue weighted by molar-refractivity contribution is 0.0697. The van der Waals surface area contributed by atoms with Crippen LogP contribution in [0.1, 0.15) is 15.4 Å². The van der Waals surface area contributed by atoms with Crippen LogP contribution in [0.4, 0.5) is 5.13 Å². The topological polar surface area (TPSA) is 109 Å². The Morgan fingerprint density at radius 1 is 1.26 bits per heavy atom. The molecule has 1 aromatic carbocycles. The molecule has 7 nitrogen and oxygen atoms in total. The molecule has 0 saturated carbocycles. The standard InChI is InChI=1S/C10H9N3O4S2/c1-6-11-12-10(18-6)13-19(16,17)8-4-2-7(3-5-8)9(14)15/h2-5H,1H3,(H,12,13)(H,14,15). The lowest BCUT2D eigenvalue weighted by atomic mass is 10.2. The van der Waals surface area contributed by atoms with Gasteiger partial charge in [0.15, 0.2) is 0 Å². The van der Waals surface area contributed by atoms with Gasteiger partial charge in [0.05, 0.1) is 10.5 Å². The molecule has 2 rings (SSSR count). The fraction of sp³-hybridized carbons (Fsp3) is 0.100. The fourth-order valence-corrected chi connectivity index (χ4v) is 3.11. The van der Waals surface area contributed by atoms with Crippen LogP contribution < -0.4 is 4.72 Å². The van der Waals surface area contributed by atoms with E-state index in [0.29, 0.717) is 5.01 Å². The average molecular weight is 299 g/mol. The predicted molar refractivity (Wildman–Crippen MR) is 68.9 cm³/mol. The van der Waals surface area contributed by atoms with Gasteiger partial charge in [0, 0.05) is 0 Å². The van der Waals surface area contributed by atoms with Gasteiger partial charge < -0.3 is 5.11 Å². The molecular weight excluding hydrogens is 290 g/mol. The second-order valence-electron chi connectivity index (χ2n) is 3.56. The summed E-state index contributed by atoms with van der Waals surface area (Å²) in [7, 11) is -3.78. The smallest absolute Gasteiger partial charge is 0.335 e. The van der Waals surface area contributed by atoms with Crippen molar-refractivity contribution in [3.8, 4) is 0 Å². The fourth-order valence-electron chi connectivity index (χ4n) is 1.29. The molecule has 0 radical (unpaired) electrons. The van der Waals surface area contributed by atoms with Crippen molar-refractivity contribution in [3.63, 3.8) is 0 Å². The number of carboxylic acid groups (broad SMARTS) is 1. The number of aryl methyl sites for hydroxylation is 1. The Hall–Kier alpha value is -2.00. The molecule has 0 aliphatic rings. The number of sulfonamides is 1. The highest BCUT2D eigenvalue weighted by Gasteiger charge is 2.16. The quantitative estimate of drug-likeness (QED) is 0.881. The van der Waals surface area contributed by atoms with Gasteiger partial charge in [0.25, 0.3) is 10.0 Å². The lowest BCUT2D eigenvalue weighted by Crippen LogP contribution is -2.13. The van der Waals surface area contributed by atoms with E-state index in [9.17, 15) is 13.2 Å². The summed E-state index contributed by atoms with van der Waals surface area (Å²) < 4.78 is 26.2. The summed E-state index contributed by atoms with van der Waals surface area (Å²) in [6, 6.07) is 4.89. The average Bonchev–Trinajstić information content (AvgIpc) is 2.74. The van der Waals surface area contributed by atoms with Crippen molar-refractivity contribution in [2.24, 2.45) is 0 Å². The number of carboxylic acids is 1. The van der Waals surface area contributed by atoms with Crippen molar-refractivity contribution in [2.45, 2.75) is 11.8 Å². The van der Waals surface area contributed by atoms with E-state index in [-0.39, 0.29) is 15.6 Å². The molecule has 0 amide bonds. The molecule has 0 aliphatic heterocycles. The molecule has 100 valence electrons. The number of anilines is 1. The Kier molecular flexibility index (Phi) is 3.49. The molecule has 0 unspecified atom stereocenters. The molecule has 0 aliphatic carbocycles. The van der Waals surface area contributed by atoms with Crippen LogP contribution >= 0.6 is 11.3 Å². The van der Waals surface area contributed by atoms with Crippen LogP contribution in [0.3, 0.4) is 0 Å². The molecule has 19 heavy (non-hydrogen) atoms. The van der Waals surface area contributed by atoms with Crippen LogP contribution in [0.2, 0.25) is 0 Å².